The highest BCUT2D eigenvalue weighted by Gasteiger charge is 2.09. The molecule has 0 atom stereocenters. The maximum Gasteiger partial charge on any atom is 0.137 e. The predicted octanol–water partition coefficient (Wildman–Crippen LogP) is 6.05. The first-order valence-electron chi connectivity index (χ1n) is 6.33. The van der Waals surface area contributed by atoms with Gasteiger partial charge in [0.1, 0.15) is 18.2 Å². The highest BCUT2D eigenvalue weighted by atomic mass is 79.9. The van der Waals surface area contributed by atoms with Gasteiger partial charge in [-0.25, -0.2) is 4.39 Å². The minimum Gasteiger partial charge on any atom is -0.489 e. The Balaban J connectivity index is 2.16. The van der Waals surface area contributed by atoms with Crippen molar-refractivity contribution in [3.8, 4) is 5.75 Å². The molecule has 0 aliphatic rings. The molecule has 0 fully saturated rings. The summed E-state index contributed by atoms with van der Waals surface area (Å²) in [6, 6.07) is 10.9. The second-order valence-corrected chi connectivity index (χ2v) is 6.64. The molecular weight excluding hydrogens is 387 g/mol. The van der Waals surface area contributed by atoms with E-state index in [-0.39, 0.29) is 5.82 Å². The Labute approximate surface area is 135 Å². The smallest absolute Gasteiger partial charge is 0.137 e. The van der Waals surface area contributed by atoms with Crippen LogP contribution in [0.2, 0.25) is 0 Å². The van der Waals surface area contributed by atoms with Crippen molar-refractivity contribution in [2.24, 2.45) is 0 Å². The van der Waals surface area contributed by atoms with Crippen molar-refractivity contribution in [1.82, 2.24) is 0 Å². The highest BCUT2D eigenvalue weighted by molar-refractivity contribution is 9.10. The van der Waals surface area contributed by atoms with Gasteiger partial charge in [0.2, 0.25) is 0 Å². The lowest BCUT2D eigenvalue weighted by atomic mass is 10.0. The van der Waals surface area contributed by atoms with E-state index in [4.69, 9.17) is 4.74 Å². The molecule has 4 heteroatoms. The largest absolute Gasteiger partial charge is 0.489 e. The summed E-state index contributed by atoms with van der Waals surface area (Å²) < 4.78 is 20.6. The normalized spacial score (nSPS) is 10.9. The van der Waals surface area contributed by atoms with Gasteiger partial charge in [0.15, 0.2) is 0 Å². The Bertz CT molecular complexity index is 611. The zero-order valence-electron chi connectivity index (χ0n) is 11.3. The van der Waals surface area contributed by atoms with E-state index in [2.05, 4.69) is 51.8 Å². The third-order valence-electron chi connectivity index (χ3n) is 2.97. The molecule has 0 aromatic heterocycles. The lowest BCUT2D eigenvalue weighted by molar-refractivity contribution is 0.301. The van der Waals surface area contributed by atoms with E-state index in [1.807, 2.05) is 12.1 Å². The molecule has 0 N–H and O–H groups in total. The second-order valence-electron chi connectivity index (χ2n) is 4.87. The van der Waals surface area contributed by atoms with Gasteiger partial charge in [-0.05, 0) is 63.3 Å². The summed E-state index contributed by atoms with van der Waals surface area (Å²) in [5.74, 6) is 0.978. The van der Waals surface area contributed by atoms with Crippen LogP contribution < -0.4 is 4.74 Å². The van der Waals surface area contributed by atoms with E-state index in [0.717, 1.165) is 21.3 Å². The lowest BCUT2D eigenvalue weighted by Crippen LogP contribution is -2.00. The highest BCUT2D eigenvalue weighted by Crippen LogP contribution is 2.30. The van der Waals surface area contributed by atoms with Crippen LogP contribution in [0.4, 0.5) is 4.39 Å². The molecule has 106 valence electrons. The molecule has 2 aromatic carbocycles. The number of halogens is 3. The van der Waals surface area contributed by atoms with Crippen molar-refractivity contribution in [2.75, 3.05) is 0 Å². The topological polar surface area (TPSA) is 9.23 Å². The summed E-state index contributed by atoms with van der Waals surface area (Å²) >= 11 is 6.66. The molecule has 0 aliphatic heterocycles. The molecule has 0 saturated heterocycles. The van der Waals surface area contributed by atoms with Gasteiger partial charge in [-0.2, -0.15) is 0 Å². The molecule has 2 rings (SSSR count). The number of rotatable bonds is 4. The Morgan fingerprint density at radius 3 is 2.50 bits per heavy atom. The third-order valence-corrected chi connectivity index (χ3v) is 4.07. The first-order chi connectivity index (χ1) is 9.47. The van der Waals surface area contributed by atoms with Gasteiger partial charge in [0.05, 0.1) is 4.47 Å². The zero-order chi connectivity index (χ0) is 14.7. The quantitative estimate of drug-likeness (QED) is 0.605. The Morgan fingerprint density at radius 1 is 1.10 bits per heavy atom. The molecular formula is C16H15Br2FO. The zero-order valence-corrected chi connectivity index (χ0v) is 14.5. The summed E-state index contributed by atoms with van der Waals surface area (Å²) in [5, 5.41) is 0. The Kier molecular flexibility index (Phi) is 5.22. The van der Waals surface area contributed by atoms with E-state index >= 15 is 0 Å². The third kappa shape index (κ3) is 3.83. The van der Waals surface area contributed by atoms with Crippen molar-refractivity contribution < 1.29 is 9.13 Å². The van der Waals surface area contributed by atoms with Gasteiger partial charge in [-0.15, -0.1) is 0 Å². The molecule has 0 radical (unpaired) electrons. The fraction of sp³-hybridized carbons (Fsp3) is 0.250. The second kappa shape index (κ2) is 6.72. The SMILES string of the molecule is CC(C)c1cc(Br)ccc1OCc1ccc(F)c(Br)c1. The van der Waals surface area contributed by atoms with Gasteiger partial charge in [-0.3, -0.25) is 0 Å². The minimum absolute atomic E-state index is 0.264. The van der Waals surface area contributed by atoms with Crippen molar-refractivity contribution in [3.63, 3.8) is 0 Å². The van der Waals surface area contributed by atoms with Crippen LogP contribution in [0.1, 0.15) is 30.9 Å². The van der Waals surface area contributed by atoms with Crippen molar-refractivity contribution >= 4 is 31.9 Å². The molecule has 0 amide bonds. The van der Waals surface area contributed by atoms with Gasteiger partial charge < -0.3 is 4.74 Å². The summed E-state index contributed by atoms with van der Waals surface area (Å²) in [5.41, 5.74) is 2.08. The van der Waals surface area contributed by atoms with Crippen LogP contribution in [0.25, 0.3) is 0 Å². The monoisotopic (exact) mass is 400 g/mol. The summed E-state index contributed by atoms with van der Waals surface area (Å²) in [6.07, 6.45) is 0. The maximum absolute atomic E-state index is 13.2. The fourth-order valence-corrected chi connectivity index (χ4v) is 2.70. The summed E-state index contributed by atoms with van der Waals surface area (Å²) in [7, 11) is 0. The van der Waals surface area contributed by atoms with Gasteiger partial charge >= 0.3 is 0 Å². The molecule has 2 aromatic rings. The molecule has 0 spiro atoms. The van der Waals surface area contributed by atoms with Crippen LogP contribution in [-0.2, 0) is 6.61 Å². The lowest BCUT2D eigenvalue weighted by Gasteiger charge is -2.14. The van der Waals surface area contributed by atoms with Gasteiger partial charge in [0, 0.05) is 4.47 Å². The van der Waals surface area contributed by atoms with Gasteiger partial charge in [-0.1, -0.05) is 35.8 Å². The molecule has 0 unspecified atom stereocenters. The minimum atomic E-state index is -0.264. The maximum atomic E-state index is 13.2. The summed E-state index contributed by atoms with van der Waals surface area (Å²) in [6.45, 7) is 4.67. The van der Waals surface area contributed by atoms with E-state index in [1.165, 1.54) is 6.07 Å². The standard InChI is InChI=1S/C16H15Br2FO/c1-10(2)13-8-12(17)4-6-16(13)20-9-11-3-5-15(19)14(18)7-11/h3-8,10H,9H2,1-2H3. The predicted molar refractivity (Wildman–Crippen MR) is 86.7 cm³/mol. The fourth-order valence-electron chi connectivity index (χ4n) is 1.89. The van der Waals surface area contributed by atoms with Crippen LogP contribution in [0.15, 0.2) is 45.3 Å². The van der Waals surface area contributed by atoms with E-state index in [0.29, 0.717) is 17.0 Å². The van der Waals surface area contributed by atoms with Crippen molar-refractivity contribution in [1.29, 1.82) is 0 Å². The molecule has 0 heterocycles. The molecule has 0 saturated carbocycles. The van der Waals surface area contributed by atoms with E-state index < -0.39 is 0 Å². The van der Waals surface area contributed by atoms with E-state index in [1.54, 1.807) is 12.1 Å². The molecule has 1 nitrogen and oxygen atoms in total. The Hall–Kier alpha value is -0.870. The first-order valence-corrected chi connectivity index (χ1v) is 7.92. The number of hydrogen-bond donors (Lipinski definition) is 0. The van der Waals surface area contributed by atoms with Crippen molar-refractivity contribution in [2.45, 2.75) is 26.4 Å². The first kappa shape index (κ1) is 15.5. The van der Waals surface area contributed by atoms with Crippen LogP contribution in [0.3, 0.4) is 0 Å². The number of hydrogen-bond acceptors (Lipinski definition) is 1. The van der Waals surface area contributed by atoms with Crippen molar-refractivity contribution in [3.05, 3.63) is 62.3 Å². The van der Waals surface area contributed by atoms with E-state index in [9.17, 15) is 4.39 Å². The van der Waals surface area contributed by atoms with Crippen LogP contribution in [0.5, 0.6) is 5.75 Å². The van der Waals surface area contributed by atoms with Crippen LogP contribution in [0, 0.1) is 5.82 Å². The molecule has 20 heavy (non-hydrogen) atoms. The molecule has 0 bridgehead atoms. The molecule has 0 aliphatic carbocycles. The average molecular weight is 402 g/mol. The van der Waals surface area contributed by atoms with Gasteiger partial charge in [0.25, 0.3) is 0 Å². The van der Waals surface area contributed by atoms with Crippen LogP contribution in [-0.4, -0.2) is 0 Å². The average Bonchev–Trinajstić information content (AvgIpc) is 2.41. The van der Waals surface area contributed by atoms with Crippen LogP contribution >= 0.6 is 31.9 Å². The number of ether oxygens (including phenoxy) is 1. The number of benzene rings is 2. The Morgan fingerprint density at radius 2 is 1.85 bits per heavy atom. The summed E-state index contributed by atoms with van der Waals surface area (Å²) in [4.78, 5) is 0.